The number of aromatic hydroxyl groups is 1. The van der Waals surface area contributed by atoms with E-state index in [2.05, 4.69) is 0 Å². The molecule has 1 amide bonds. The Hall–Kier alpha value is -0.970. The molecule has 0 unspecified atom stereocenters. The number of hydrogen-bond donors (Lipinski definition) is 2. The van der Waals surface area contributed by atoms with Crippen LogP contribution in [0.25, 0.3) is 0 Å². The van der Waals surface area contributed by atoms with E-state index < -0.39 is 0 Å². The fourth-order valence-corrected chi connectivity index (χ4v) is 1.84. The maximum atomic E-state index is 10.8. The average molecular weight is 292 g/mol. The SMILES string of the molecule is O=C1CCCN1CCO.Oc1ccc(Cl)c(Cl)c1. The van der Waals surface area contributed by atoms with Gasteiger partial charge in [-0.2, -0.15) is 0 Å². The second-order valence-electron chi connectivity index (χ2n) is 3.81. The Balaban J connectivity index is 0.000000180. The molecule has 2 rings (SSSR count). The number of carbonyl (C=O) groups excluding carboxylic acids is 1. The number of aliphatic hydroxyl groups excluding tert-OH is 1. The van der Waals surface area contributed by atoms with Crippen molar-refractivity contribution < 1.29 is 15.0 Å². The van der Waals surface area contributed by atoms with Crippen LogP contribution in [0, 0.1) is 0 Å². The van der Waals surface area contributed by atoms with Crippen LogP contribution >= 0.6 is 23.2 Å². The summed E-state index contributed by atoms with van der Waals surface area (Å²) < 4.78 is 0. The Labute approximate surface area is 116 Å². The van der Waals surface area contributed by atoms with E-state index in [-0.39, 0.29) is 18.3 Å². The largest absolute Gasteiger partial charge is 0.508 e. The number of benzene rings is 1. The third kappa shape index (κ3) is 4.72. The molecule has 1 heterocycles. The van der Waals surface area contributed by atoms with Crippen molar-refractivity contribution in [2.45, 2.75) is 12.8 Å². The number of aliphatic hydroxyl groups is 1. The van der Waals surface area contributed by atoms with Gasteiger partial charge in [-0.05, 0) is 24.6 Å². The molecule has 18 heavy (non-hydrogen) atoms. The summed E-state index contributed by atoms with van der Waals surface area (Å²) in [5.41, 5.74) is 0. The molecular formula is C12H15Cl2NO3. The van der Waals surface area contributed by atoms with E-state index in [0.717, 1.165) is 13.0 Å². The maximum Gasteiger partial charge on any atom is 0.222 e. The average Bonchev–Trinajstić information content (AvgIpc) is 2.72. The number of halogens is 2. The summed E-state index contributed by atoms with van der Waals surface area (Å²) in [4.78, 5) is 12.5. The summed E-state index contributed by atoms with van der Waals surface area (Å²) in [5.74, 6) is 0.313. The molecule has 1 fully saturated rings. The van der Waals surface area contributed by atoms with Crippen molar-refractivity contribution in [2.24, 2.45) is 0 Å². The molecule has 0 bridgehead atoms. The summed E-state index contributed by atoms with van der Waals surface area (Å²) in [5, 5.41) is 18.1. The number of rotatable bonds is 2. The lowest BCUT2D eigenvalue weighted by Gasteiger charge is -2.11. The first-order valence-corrected chi connectivity index (χ1v) is 6.33. The van der Waals surface area contributed by atoms with Crippen molar-refractivity contribution in [3.8, 4) is 5.75 Å². The number of carbonyl (C=O) groups is 1. The predicted octanol–water partition coefficient (Wildman–Crippen LogP) is 2.30. The zero-order valence-corrected chi connectivity index (χ0v) is 11.3. The van der Waals surface area contributed by atoms with Crippen molar-refractivity contribution in [3.05, 3.63) is 28.2 Å². The number of likely N-dealkylation sites (tertiary alicyclic amines) is 1. The van der Waals surface area contributed by atoms with Crippen LogP contribution in [0.2, 0.25) is 10.0 Å². The van der Waals surface area contributed by atoms with E-state index in [9.17, 15) is 4.79 Å². The second kappa shape index (κ2) is 7.46. The van der Waals surface area contributed by atoms with Crippen LogP contribution in [0.1, 0.15) is 12.8 Å². The van der Waals surface area contributed by atoms with Crippen molar-refractivity contribution in [1.29, 1.82) is 0 Å². The number of phenols is 1. The number of amides is 1. The van der Waals surface area contributed by atoms with Crippen LogP contribution in [0.5, 0.6) is 5.75 Å². The molecule has 0 radical (unpaired) electrons. The van der Waals surface area contributed by atoms with Gasteiger partial charge in [-0.3, -0.25) is 4.79 Å². The molecule has 1 aromatic rings. The van der Waals surface area contributed by atoms with Crippen LogP contribution in [-0.2, 0) is 4.79 Å². The highest BCUT2D eigenvalue weighted by atomic mass is 35.5. The first-order chi connectivity index (χ1) is 8.54. The van der Waals surface area contributed by atoms with Gasteiger partial charge in [-0.1, -0.05) is 23.2 Å². The Morgan fingerprint density at radius 3 is 2.44 bits per heavy atom. The third-order valence-corrected chi connectivity index (χ3v) is 3.18. The van der Waals surface area contributed by atoms with Crippen LogP contribution in [-0.4, -0.2) is 40.7 Å². The molecule has 2 N–H and O–H groups in total. The minimum absolute atomic E-state index is 0.0890. The van der Waals surface area contributed by atoms with Crippen molar-refractivity contribution >= 4 is 29.1 Å². The summed E-state index contributed by atoms with van der Waals surface area (Å²) in [6.07, 6.45) is 1.62. The van der Waals surface area contributed by atoms with Gasteiger partial charge in [0.05, 0.1) is 16.7 Å². The van der Waals surface area contributed by atoms with Crippen molar-refractivity contribution in [1.82, 2.24) is 4.90 Å². The summed E-state index contributed by atoms with van der Waals surface area (Å²) in [6, 6.07) is 4.41. The van der Waals surface area contributed by atoms with Gasteiger partial charge in [0.1, 0.15) is 5.75 Å². The van der Waals surface area contributed by atoms with Gasteiger partial charge in [0.25, 0.3) is 0 Å². The molecule has 100 valence electrons. The highest BCUT2D eigenvalue weighted by molar-refractivity contribution is 6.42. The Kier molecular flexibility index (Phi) is 6.25. The Morgan fingerprint density at radius 2 is 2.00 bits per heavy atom. The minimum atomic E-state index is 0.0890. The standard InChI is InChI=1S/C6H4Cl2O.C6H11NO2/c7-5-2-1-4(9)3-6(5)8;8-5-4-7-3-1-2-6(7)9/h1-3,9H;8H,1-5H2. The Morgan fingerprint density at radius 1 is 1.28 bits per heavy atom. The topological polar surface area (TPSA) is 60.8 Å². The number of nitrogens with zero attached hydrogens (tertiary/aromatic N) is 1. The molecule has 4 nitrogen and oxygen atoms in total. The van der Waals surface area contributed by atoms with Gasteiger partial charge in [-0.25, -0.2) is 0 Å². The lowest BCUT2D eigenvalue weighted by Crippen LogP contribution is -2.27. The number of β-amino-alcohol motifs (C(OH)–C–C–N with tert-alkyl or cyclic N) is 1. The predicted molar refractivity (Wildman–Crippen MR) is 71.0 cm³/mol. The smallest absolute Gasteiger partial charge is 0.222 e. The summed E-state index contributed by atoms with van der Waals surface area (Å²) in [7, 11) is 0. The highest BCUT2D eigenvalue weighted by Crippen LogP contribution is 2.24. The van der Waals surface area contributed by atoms with Crippen molar-refractivity contribution in [2.75, 3.05) is 19.7 Å². The summed E-state index contributed by atoms with van der Waals surface area (Å²) in [6.45, 7) is 1.43. The molecule has 0 saturated carbocycles. The van der Waals surface area contributed by atoms with E-state index in [1.165, 1.54) is 12.1 Å². The molecule has 0 aromatic heterocycles. The Bertz CT molecular complexity index is 412. The highest BCUT2D eigenvalue weighted by Gasteiger charge is 2.18. The molecule has 1 saturated heterocycles. The maximum absolute atomic E-state index is 10.8. The van der Waals surface area contributed by atoms with E-state index in [1.807, 2.05) is 0 Å². The van der Waals surface area contributed by atoms with Gasteiger partial charge in [0.2, 0.25) is 5.91 Å². The van der Waals surface area contributed by atoms with Gasteiger partial charge in [-0.15, -0.1) is 0 Å². The van der Waals surface area contributed by atoms with Gasteiger partial charge in [0.15, 0.2) is 0 Å². The first-order valence-electron chi connectivity index (χ1n) is 5.57. The molecule has 1 aromatic carbocycles. The van der Waals surface area contributed by atoms with Crippen LogP contribution < -0.4 is 0 Å². The number of hydrogen-bond acceptors (Lipinski definition) is 3. The monoisotopic (exact) mass is 291 g/mol. The molecule has 0 aliphatic carbocycles. The fourth-order valence-electron chi connectivity index (χ4n) is 1.55. The van der Waals surface area contributed by atoms with Crippen molar-refractivity contribution in [3.63, 3.8) is 0 Å². The molecule has 1 aliphatic heterocycles. The number of phenolic OH excluding ortho intramolecular Hbond substituents is 1. The third-order valence-electron chi connectivity index (χ3n) is 2.44. The molecule has 0 spiro atoms. The lowest BCUT2D eigenvalue weighted by atomic mass is 10.3. The van der Waals surface area contributed by atoms with E-state index >= 15 is 0 Å². The molecule has 1 aliphatic rings. The van der Waals surface area contributed by atoms with E-state index in [1.54, 1.807) is 11.0 Å². The summed E-state index contributed by atoms with van der Waals surface area (Å²) >= 11 is 11.1. The first kappa shape index (κ1) is 15.1. The minimum Gasteiger partial charge on any atom is -0.508 e. The quantitative estimate of drug-likeness (QED) is 0.879. The van der Waals surface area contributed by atoms with E-state index in [4.69, 9.17) is 33.4 Å². The lowest BCUT2D eigenvalue weighted by molar-refractivity contribution is -0.128. The van der Waals surface area contributed by atoms with Gasteiger partial charge < -0.3 is 15.1 Å². The van der Waals surface area contributed by atoms with Crippen LogP contribution in [0.3, 0.4) is 0 Å². The fraction of sp³-hybridized carbons (Fsp3) is 0.417. The van der Waals surface area contributed by atoms with Gasteiger partial charge in [0, 0.05) is 19.5 Å². The van der Waals surface area contributed by atoms with Crippen LogP contribution in [0.15, 0.2) is 18.2 Å². The van der Waals surface area contributed by atoms with E-state index in [0.29, 0.717) is 23.0 Å². The normalized spacial score (nSPS) is 14.4. The van der Waals surface area contributed by atoms with Crippen LogP contribution in [0.4, 0.5) is 0 Å². The zero-order chi connectivity index (χ0) is 13.5. The van der Waals surface area contributed by atoms with Gasteiger partial charge >= 0.3 is 0 Å². The molecular weight excluding hydrogens is 277 g/mol. The molecule has 6 heteroatoms. The zero-order valence-electron chi connectivity index (χ0n) is 9.77. The second-order valence-corrected chi connectivity index (χ2v) is 4.62. The molecule has 0 atom stereocenters.